The first-order chi connectivity index (χ1) is 16.0. The molecule has 3 aromatic carbocycles. The molecule has 2 heterocycles. The number of fused-ring (bicyclic) bond motifs is 3. The molecule has 0 radical (unpaired) electrons. The van der Waals surface area contributed by atoms with Crippen LogP contribution in [0.3, 0.4) is 0 Å². The predicted molar refractivity (Wildman–Crippen MR) is 126 cm³/mol. The zero-order valence-electron chi connectivity index (χ0n) is 18.3. The highest BCUT2D eigenvalue weighted by molar-refractivity contribution is 6.31. The van der Waals surface area contributed by atoms with E-state index in [0.717, 1.165) is 11.1 Å². The Morgan fingerprint density at radius 1 is 1.03 bits per heavy atom. The van der Waals surface area contributed by atoms with Gasteiger partial charge in [-0.3, -0.25) is 9.69 Å². The van der Waals surface area contributed by atoms with Gasteiger partial charge in [-0.05, 0) is 42.8 Å². The summed E-state index contributed by atoms with van der Waals surface area (Å²) in [6, 6.07) is 18.4. The molecule has 0 saturated heterocycles. The largest absolute Gasteiger partial charge is 0.493 e. The highest BCUT2D eigenvalue weighted by atomic mass is 35.5. The van der Waals surface area contributed by atoms with Crippen LogP contribution in [-0.2, 0) is 13.1 Å². The number of halogens is 1. The van der Waals surface area contributed by atoms with Crippen molar-refractivity contribution >= 4 is 22.6 Å². The molecule has 6 nitrogen and oxygen atoms in total. The van der Waals surface area contributed by atoms with Gasteiger partial charge in [0, 0.05) is 18.1 Å². The first-order valence-electron chi connectivity index (χ1n) is 10.5. The Bertz CT molecular complexity index is 1400. The number of para-hydroxylation sites is 2. The molecule has 0 spiro atoms. The number of hydrogen-bond acceptors (Lipinski definition) is 6. The van der Waals surface area contributed by atoms with Crippen LogP contribution in [0.4, 0.5) is 0 Å². The van der Waals surface area contributed by atoms with E-state index in [1.165, 1.54) is 0 Å². The molecule has 4 aromatic rings. The number of aryl methyl sites for hydroxylation is 1. The number of nitrogens with zero attached hydrogens (tertiary/aromatic N) is 1. The second-order valence-electron chi connectivity index (χ2n) is 7.84. The van der Waals surface area contributed by atoms with Crippen LogP contribution in [0.5, 0.6) is 23.0 Å². The van der Waals surface area contributed by atoms with E-state index < -0.39 is 0 Å². The Labute approximate surface area is 195 Å². The molecular weight excluding hydrogens is 442 g/mol. The number of benzene rings is 3. The Morgan fingerprint density at radius 3 is 2.58 bits per heavy atom. The number of hydrogen-bond donors (Lipinski definition) is 0. The molecule has 0 N–H and O–H groups in total. The van der Waals surface area contributed by atoms with E-state index in [1.807, 2.05) is 42.5 Å². The van der Waals surface area contributed by atoms with Crippen molar-refractivity contribution in [2.45, 2.75) is 20.0 Å². The summed E-state index contributed by atoms with van der Waals surface area (Å²) in [4.78, 5) is 15.5. The van der Waals surface area contributed by atoms with E-state index in [2.05, 4.69) is 4.90 Å². The van der Waals surface area contributed by atoms with Crippen molar-refractivity contribution in [1.29, 1.82) is 0 Å². The summed E-state index contributed by atoms with van der Waals surface area (Å²) in [6.45, 7) is 3.32. The van der Waals surface area contributed by atoms with E-state index in [1.54, 1.807) is 32.2 Å². The normalized spacial score (nSPS) is 13.4. The maximum atomic E-state index is 13.4. The molecule has 0 saturated carbocycles. The molecule has 0 amide bonds. The smallest absolute Gasteiger partial charge is 0.235 e. The lowest BCUT2D eigenvalue weighted by molar-refractivity contribution is 0.0890. The van der Waals surface area contributed by atoms with E-state index in [0.29, 0.717) is 58.8 Å². The van der Waals surface area contributed by atoms with Crippen LogP contribution >= 0.6 is 11.6 Å². The second kappa shape index (κ2) is 8.81. The summed E-state index contributed by atoms with van der Waals surface area (Å²) in [5, 5.41) is 1.15. The Morgan fingerprint density at radius 2 is 1.79 bits per heavy atom. The Balaban J connectivity index is 1.52. The summed E-state index contributed by atoms with van der Waals surface area (Å²) in [5.41, 5.74) is 2.10. The number of ether oxygens (including phenoxy) is 3. The molecule has 1 aliphatic heterocycles. The topological polar surface area (TPSA) is 61.1 Å². The van der Waals surface area contributed by atoms with Crippen molar-refractivity contribution < 1.29 is 18.6 Å². The first kappa shape index (κ1) is 21.4. The number of rotatable bonds is 5. The minimum Gasteiger partial charge on any atom is -0.493 e. The Kier molecular flexibility index (Phi) is 5.70. The van der Waals surface area contributed by atoms with Gasteiger partial charge >= 0.3 is 0 Å². The average molecular weight is 464 g/mol. The maximum absolute atomic E-state index is 13.4. The molecule has 1 aliphatic rings. The van der Waals surface area contributed by atoms with Crippen molar-refractivity contribution in [2.24, 2.45) is 0 Å². The molecule has 7 heteroatoms. The minimum absolute atomic E-state index is 0.136. The van der Waals surface area contributed by atoms with Gasteiger partial charge in [0.2, 0.25) is 11.2 Å². The van der Waals surface area contributed by atoms with Crippen LogP contribution in [-0.4, -0.2) is 18.7 Å². The molecule has 0 bridgehead atoms. The highest BCUT2D eigenvalue weighted by Crippen LogP contribution is 2.36. The highest BCUT2D eigenvalue weighted by Gasteiger charge is 2.25. The third-order valence-corrected chi connectivity index (χ3v) is 6.03. The van der Waals surface area contributed by atoms with Gasteiger partial charge in [0.25, 0.3) is 0 Å². The maximum Gasteiger partial charge on any atom is 0.235 e. The SMILES string of the molecule is COc1ccccc1Oc1c(C)oc2c3c(ccc2c1=O)OCN(Cc1ccccc1Cl)C3. The Hall–Kier alpha value is -3.48. The molecule has 33 heavy (non-hydrogen) atoms. The quantitative estimate of drug-likeness (QED) is 0.367. The summed E-state index contributed by atoms with van der Waals surface area (Å²) in [6.07, 6.45) is 0. The lowest BCUT2D eigenvalue weighted by Gasteiger charge is -2.29. The van der Waals surface area contributed by atoms with Crippen LogP contribution in [0.25, 0.3) is 11.0 Å². The van der Waals surface area contributed by atoms with Crippen LogP contribution in [0.2, 0.25) is 5.02 Å². The van der Waals surface area contributed by atoms with Gasteiger partial charge in [0.05, 0.1) is 18.1 Å². The summed E-state index contributed by atoms with van der Waals surface area (Å²) in [7, 11) is 1.55. The molecule has 1 aromatic heterocycles. The zero-order valence-corrected chi connectivity index (χ0v) is 19.0. The van der Waals surface area contributed by atoms with E-state index >= 15 is 0 Å². The van der Waals surface area contributed by atoms with Crippen LogP contribution in [0, 0.1) is 6.92 Å². The van der Waals surface area contributed by atoms with Crippen molar-refractivity contribution in [2.75, 3.05) is 13.8 Å². The van der Waals surface area contributed by atoms with Gasteiger partial charge in [-0.1, -0.05) is 41.9 Å². The summed E-state index contributed by atoms with van der Waals surface area (Å²) < 4.78 is 23.4. The minimum atomic E-state index is -0.245. The predicted octanol–water partition coefficient (Wildman–Crippen LogP) is 5.91. The van der Waals surface area contributed by atoms with Gasteiger partial charge in [-0.2, -0.15) is 0 Å². The monoisotopic (exact) mass is 463 g/mol. The van der Waals surface area contributed by atoms with Crippen LogP contribution in [0.1, 0.15) is 16.9 Å². The molecule has 0 atom stereocenters. The van der Waals surface area contributed by atoms with Crippen LogP contribution in [0.15, 0.2) is 69.9 Å². The molecule has 0 aliphatic carbocycles. The summed E-state index contributed by atoms with van der Waals surface area (Å²) >= 11 is 6.34. The van der Waals surface area contributed by atoms with Gasteiger partial charge in [0.15, 0.2) is 11.5 Å². The summed E-state index contributed by atoms with van der Waals surface area (Å²) in [5.74, 6) is 2.21. The number of methoxy groups -OCH3 is 1. The average Bonchev–Trinajstić information content (AvgIpc) is 2.83. The van der Waals surface area contributed by atoms with Crippen molar-refractivity contribution in [3.05, 3.63) is 92.8 Å². The third-order valence-electron chi connectivity index (χ3n) is 5.66. The van der Waals surface area contributed by atoms with Gasteiger partial charge in [0.1, 0.15) is 23.8 Å². The van der Waals surface area contributed by atoms with Crippen molar-refractivity contribution in [1.82, 2.24) is 4.90 Å². The van der Waals surface area contributed by atoms with E-state index in [9.17, 15) is 4.79 Å². The van der Waals surface area contributed by atoms with E-state index in [4.69, 9.17) is 30.2 Å². The standard InChI is InChI=1S/C26H22ClNO5/c1-16-25(33-23-10-6-5-9-22(23)30-2)24(29)18-11-12-21-19(26(18)32-16)14-28(15-31-21)13-17-7-3-4-8-20(17)27/h3-12H,13-15H2,1-2H3. The molecule has 0 unspecified atom stereocenters. The first-order valence-corrected chi connectivity index (χ1v) is 10.9. The van der Waals surface area contributed by atoms with Gasteiger partial charge in [-0.15, -0.1) is 0 Å². The van der Waals surface area contributed by atoms with Crippen molar-refractivity contribution in [3.63, 3.8) is 0 Å². The molecular formula is C26H22ClNO5. The lowest BCUT2D eigenvalue weighted by atomic mass is 10.1. The van der Waals surface area contributed by atoms with Gasteiger partial charge in [-0.25, -0.2) is 0 Å². The zero-order chi connectivity index (χ0) is 22.9. The molecule has 168 valence electrons. The third kappa shape index (κ3) is 4.03. The molecule has 0 fully saturated rings. The van der Waals surface area contributed by atoms with Gasteiger partial charge < -0.3 is 18.6 Å². The fraction of sp³-hybridized carbons (Fsp3) is 0.192. The van der Waals surface area contributed by atoms with E-state index in [-0.39, 0.29) is 11.2 Å². The van der Waals surface area contributed by atoms with Crippen molar-refractivity contribution in [3.8, 4) is 23.0 Å². The molecule has 5 rings (SSSR count). The second-order valence-corrected chi connectivity index (χ2v) is 8.25. The fourth-order valence-electron chi connectivity index (χ4n) is 4.00. The fourth-order valence-corrected chi connectivity index (χ4v) is 4.20. The van der Waals surface area contributed by atoms with Crippen LogP contribution < -0.4 is 19.6 Å². The lowest BCUT2D eigenvalue weighted by Crippen LogP contribution is -2.32.